The van der Waals surface area contributed by atoms with Gasteiger partial charge in [0.1, 0.15) is 21.9 Å². The summed E-state index contributed by atoms with van der Waals surface area (Å²) in [5, 5.41) is 3.90. The number of fused-ring (bicyclic) bond motifs is 1. The zero-order valence-electron chi connectivity index (χ0n) is 20.2. The number of nitrogens with zero attached hydrogens (tertiary/aromatic N) is 4. The molecule has 0 bridgehead atoms. The number of hydrogen-bond acceptors (Lipinski definition) is 10. The number of esters is 1. The molecule has 0 aliphatic rings. The van der Waals surface area contributed by atoms with E-state index in [0.29, 0.717) is 38.6 Å². The number of aryl methyl sites for hydroxylation is 1. The lowest BCUT2D eigenvalue weighted by molar-refractivity contribution is 0.0514. The molecule has 0 spiro atoms. The fourth-order valence-electron chi connectivity index (χ4n) is 3.72. The van der Waals surface area contributed by atoms with Crippen molar-refractivity contribution in [1.29, 1.82) is 0 Å². The van der Waals surface area contributed by atoms with Gasteiger partial charge in [0.2, 0.25) is 5.95 Å². The van der Waals surface area contributed by atoms with Gasteiger partial charge in [-0.05, 0) is 48.4 Å². The average molecular weight is 547 g/mol. The molecule has 10 nitrogen and oxygen atoms in total. The van der Waals surface area contributed by atoms with E-state index in [-0.39, 0.29) is 17.5 Å². The number of rotatable bonds is 9. The summed E-state index contributed by atoms with van der Waals surface area (Å²) in [6.45, 7) is 2.10. The van der Waals surface area contributed by atoms with E-state index in [2.05, 4.69) is 30.0 Å². The molecule has 12 heteroatoms. The number of hydrogen-bond donors (Lipinski definition) is 2. The molecule has 0 atom stereocenters. The molecule has 0 aliphatic heterocycles. The van der Waals surface area contributed by atoms with Crippen molar-refractivity contribution in [3.8, 4) is 0 Å². The molecule has 0 fully saturated rings. The molecule has 0 amide bonds. The van der Waals surface area contributed by atoms with Gasteiger partial charge in [-0.25, -0.2) is 37.9 Å². The Labute approximate surface area is 222 Å². The highest BCUT2D eigenvalue weighted by Gasteiger charge is 2.21. The Morgan fingerprint density at radius 3 is 2.42 bits per heavy atom. The minimum absolute atomic E-state index is 0.0135. The van der Waals surface area contributed by atoms with E-state index < -0.39 is 16.0 Å². The van der Waals surface area contributed by atoms with Gasteiger partial charge in [-0.2, -0.15) is 0 Å². The van der Waals surface area contributed by atoms with Gasteiger partial charge in [0.25, 0.3) is 10.0 Å². The van der Waals surface area contributed by atoms with Gasteiger partial charge in [0, 0.05) is 24.5 Å². The van der Waals surface area contributed by atoms with E-state index in [1.54, 1.807) is 18.2 Å². The second-order valence-corrected chi connectivity index (χ2v) is 10.8. The largest absolute Gasteiger partial charge is 0.461 e. The third kappa shape index (κ3) is 5.61. The van der Waals surface area contributed by atoms with Gasteiger partial charge in [-0.1, -0.05) is 30.3 Å². The van der Waals surface area contributed by atoms with Crippen LogP contribution in [0.5, 0.6) is 0 Å². The van der Waals surface area contributed by atoms with Crippen LogP contribution in [0.1, 0.15) is 20.8 Å². The zero-order chi connectivity index (χ0) is 26.5. The van der Waals surface area contributed by atoms with Crippen LogP contribution in [0.4, 0.5) is 17.5 Å². The van der Waals surface area contributed by atoms with E-state index in [0.717, 1.165) is 5.56 Å². The summed E-state index contributed by atoms with van der Waals surface area (Å²) >= 11 is 1.24. The number of thiophene rings is 1. The first-order valence-corrected chi connectivity index (χ1v) is 13.8. The summed E-state index contributed by atoms with van der Waals surface area (Å²) in [5.41, 5.74) is 2.41. The monoisotopic (exact) mass is 546 g/mol. The number of sulfonamides is 1. The quantitative estimate of drug-likeness (QED) is 0.251. The van der Waals surface area contributed by atoms with Crippen molar-refractivity contribution in [3.05, 3.63) is 95.4 Å². The molecule has 5 aromatic rings. The summed E-state index contributed by atoms with van der Waals surface area (Å²) in [6, 6.07) is 17.6. The van der Waals surface area contributed by atoms with Crippen molar-refractivity contribution in [2.45, 2.75) is 18.2 Å². The first-order chi connectivity index (χ1) is 18.4. The highest BCUT2D eigenvalue weighted by atomic mass is 32.2. The van der Waals surface area contributed by atoms with Crippen molar-refractivity contribution in [2.75, 3.05) is 16.6 Å². The number of nitrogens with one attached hydrogen (secondary N) is 2. The minimum atomic E-state index is -3.85. The van der Waals surface area contributed by atoms with E-state index in [4.69, 9.17) is 4.74 Å². The van der Waals surface area contributed by atoms with Crippen LogP contribution in [0.3, 0.4) is 0 Å². The average Bonchev–Trinajstić information content (AvgIpc) is 3.27. The lowest BCUT2D eigenvalue weighted by atomic mass is 10.2. The van der Waals surface area contributed by atoms with Crippen LogP contribution >= 0.6 is 11.3 Å². The van der Waals surface area contributed by atoms with Gasteiger partial charge in [-0.15, -0.1) is 11.3 Å². The number of anilines is 3. The fraction of sp³-hybridized carbons (Fsp3) is 0.115. The molecular formula is C26H22N6O4S2. The van der Waals surface area contributed by atoms with Crippen molar-refractivity contribution < 1.29 is 17.9 Å². The first kappa shape index (κ1) is 25.2. The van der Waals surface area contributed by atoms with Crippen LogP contribution in [0.15, 0.2) is 84.3 Å². The summed E-state index contributed by atoms with van der Waals surface area (Å²) in [4.78, 5) is 30.4. The van der Waals surface area contributed by atoms with Crippen LogP contribution in [0.25, 0.3) is 10.2 Å². The molecule has 0 saturated carbocycles. The van der Waals surface area contributed by atoms with Crippen LogP contribution in [-0.2, 0) is 21.2 Å². The fourth-order valence-corrected chi connectivity index (χ4v) is 5.72. The Balaban J connectivity index is 1.31. The van der Waals surface area contributed by atoms with Gasteiger partial charge in [0.05, 0.1) is 16.9 Å². The van der Waals surface area contributed by atoms with Crippen molar-refractivity contribution in [1.82, 2.24) is 19.9 Å². The Morgan fingerprint density at radius 1 is 0.947 bits per heavy atom. The molecule has 3 heterocycles. The van der Waals surface area contributed by atoms with Gasteiger partial charge < -0.3 is 10.1 Å². The molecule has 38 heavy (non-hydrogen) atoms. The maximum atomic E-state index is 12.8. The Hall–Kier alpha value is -4.42. The number of carbonyl (C=O) groups is 1. The summed E-state index contributed by atoms with van der Waals surface area (Å²) in [5.74, 6) is 0.0794. The zero-order valence-corrected chi connectivity index (χ0v) is 21.8. The minimum Gasteiger partial charge on any atom is -0.461 e. The van der Waals surface area contributed by atoms with Gasteiger partial charge in [0.15, 0.2) is 0 Å². The van der Waals surface area contributed by atoms with Gasteiger partial charge >= 0.3 is 5.97 Å². The van der Waals surface area contributed by atoms with Crippen molar-refractivity contribution in [3.63, 3.8) is 0 Å². The molecule has 0 radical (unpaired) electrons. The number of aromatic nitrogens is 4. The Kier molecular flexibility index (Phi) is 7.24. The SMILES string of the molecule is Cc1c(C(=O)OCCc2ccccc2)sc2ncnc(Nc3ccc(S(=O)(=O)Nc4ncccn4)cc3)c12. The van der Waals surface area contributed by atoms with E-state index >= 15 is 0 Å². The lowest BCUT2D eigenvalue weighted by Gasteiger charge is -2.09. The first-order valence-electron chi connectivity index (χ1n) is 11.5. The third-order valence-corrected chi connectivity index (χ3v) is 8.12. The van der Waals surface area contributed by atoms with E-state index in [1.165, 1.54) is 42.2 Å². The lowest BCUT2D eigenvalue weighted by Crippen LogP contribution is -2.14. The Morgan fingerprint density at radius 2 is 1.68 bits per heavy atom. The normalized spacial score (nSPS) is 11.3. The van der Waals surface area contributed by atoms with Crippen molar-refractivity contribution in [2.24, 2.45) is 0 Å². The van der Waals surface area contributed by atoms with Crippen LogP contribution in [-0.4, -0.2) is 40.9 Å². The molecule has 2 aromatic carbocycles. The number of ether oxygens (including phenoxy) is 1. The van der Waals surface area contributed by atoms with Crippen LogP contribution < -0.4 is 10.0 Å². The predicted octanol–water partition coefficient (Wildman–Crippen LogP) is 4.73. The van der Waals surface area contributed by atoms with E-state index in [9.17, 15) is 13.2 Å². The summed E-state index contributed by atoms with van der Waals surface area (Å²) in [6.07, 6.45) is 4.93. The smallest absolute Gasteiger partial charge is 0.348 e. The molecule has 3 aromatic heterocycles. The highest BCUT2D eigenvalue weighted by molar-refractivity contribution is 7.92. The number of carbonyl (C=O) groups excluding carboxylic acids is 1. The topological polar surface area (TPSA) is 136 Å². The maximum absolute atomic E-state index is 12.8. The molecule has 0 aliphatic carbocycles. The van der Waals surface area contributed by atoms with Crippen LogP contribution in [0.2, 0.25) is 0 Å². The molecule has 2 N–H and O–H groups in total. The second-order valence-electron chi connectivity index (χ2n) is 8.16. The molecule has 192 valence electrons. The summed E-state index contributed by atoms with van der Waals surface area (Å²) in [7, 11) is -3.85. The predicted molar refractivity (Wildman–Crippen MR) is 145 cm³/mol. The standard InChI is InChI=1S/C26H22N6O4S2/c1-17-21-23(31-19-8-10-20(11-9-19)38(34,35)32-26-27-13-5-14-28-26)29-16-30-24(21)37-22(17)25(33)36-15-12-18-6-3-2-4-7-18/h2-11,13-14,16H,12,15H2,1H3,(H,27,28,32)(H,29,30,31). The molecule has 0 saturated heterocycles. The maximum Gasteiger partial charge on any atom is 0.348 e. The number of benzene rings is 2. The van der Waals surface area contributed by atoms with Gasteiger partial charge in [-0.3, -0.25) is 0 Å². The Bertz CT molecular complexity index is 1680. The molecule has 5 rings (SSSR count). The van der Waals surface area contributed by atoms with Crippen molar-refractivity contribution >= 4 is 55.0 Å². The second kappa shape index (κ2) is 10.9. The summed E-state index contributed by atoms with van der Waals surface area (Å²) < 4.78 is 33.1. The third-order valence-electron chi connectivity index (χ3n) is 5.60. The molecular weight excluding hydrogens is 524 g/mol. The van der Waals surface area contributed by atoms with Crippen LogP contribution in [0, 0.1) is 6.92 Å². The van der Waals surface area contributed by atoms with E-state index in [1.807, 2.05) is 37.3 Å². The molecule has 0 unspecified atom stereocenters. The highest BCUT2D eigenvalue weighted by Crippen LogP contribution is 2.35.